The molecule has 0 radical (unpaired) electrons. The number of rotatable bonds is 3. The number of halogens is 1. The zero-order valence-electron chi connectivity index (χ0n) is 12.2. The van der Waals surface area contributed by atoms with Crippen LogP contribution >= 0.6 is 12.4 Å². The Morgan fingerprint density at radius 2 is 1.84 bits per heavy atom. The van der Waals surface area contributed by atoms with Gasteiger partial charge in [-0.3, -0.25) is 9.59 Å². The maximum absolute atomic E-state index is 11.9. The fourth-order valence-electron chi connectivity index (χ4n) is 2.13. The van der Waals surface area contributed by atoms with Gasteiger partial charge >= 0.3 is 0 Å². The van der Waals surface area contributed by atoms with E-state index in [9.17, 15) is 9.59 Å². The van der Waals surface area contributed by atoms with Gasteiger partial charge in [-0.15, -0.1) is 12.4 Å². The summed E-state index contributed by atoms with van der Waals surface area (Å²) in [6.45, 7) is 7.44. The fourth-order valence-corrected chi connectivity index (χ4v) is 2.13. The third-order valence-corrected chi connectivity index (χ3v) is 3.09. The molecular formula is C13H26ClN3O2. The quantitative estimate of drug-likeness (QED) is 0.724. The molecule has 1 aliphatic rings. The van der Waals surface area contributed by atoms with Gasteiger partial charge in [-0.2, -0.15) is 0 Å². The Balaban J connectivity index is 0.00000324. The summed E-state index contributed by atoms with van der Waals surface area (Å²) in [4.78, 5) is 23.7. The maximum atomic E-state index is 11.9. The van der Waals surface area contributed by atoms with E-state index in [0.717, 1.165) is 19.3 Å². The molecule has 0 aromatic rings. The SMILES string of the molecule is CC(NC(=O)C1CCC(N)C1)C(=O)NC(C)(C)C.Cl. The van der Waals surface area contributed by atoms with Gasteiger partial charge in [-0.1, -0.05) is 0 Å². The summed E-state index contributed by atoms with van der Waals surface area (Å²) in [6.07, 6.45) is 2.43. The molecule has 3 atom stereocenters. The molecule has 0 aliphatic heterocycles. The van der Waals surface area contributed by atoms with Gasteiger partial charge in [0.2, 0.25) is 11.8 Å². The van der Waals surface area contributed by atoms with Gasteiger partial charge in [0.1, 0.15) is 6.04 Å². The standard InChI is InChI=1S/C13H25N3O2.ClH/c1-8(11(17)16-13(2,3)4)15-12(18)9-5-6-10(14)7-9;/h8-10H,5-7,14H2,1-4H3,(H,15,18)(H,16,17);1H. The molecule has 2 amide bonds. The van der Waals surface area contributed by atoms with E-state index in [4.69, 9.17) is 5.73 Å². The van der Waals surface area contributed by atoms with Crippen molar-refractivity contribution in [2.75, 3.05) is 0 Å². The normalized spacial score (nSPS) is 24.3. The van der Waals surface area contributed by atoms with Crippen molar-refractivity contribution in [3.05, 3.63) is 0 Å². The highest BCUT2D eigenvalue weighted by molar-refractivity contribution is 5.88. The van der Waals surface area contributed by atoms with Crippen molar-refractivity contribution < 1.29 is 9.59 Å². The molecule has 1 aliphatic carbocycles. The van der Waals surface area contributed by atoms with Gasteiger partial charge in [0.05, 0.1) is 0 Å². The second-order valence-electron chi connectivity index (χ2n) is 6.24. The number of hydrogen-bond acceptors (Lipinski definition) is 3. The lowest BCUT2D eigenvalue weighted by Gasteiger charge is -2.24. The fraction of sp³-hybridized carbons (Fsp3) is 0.846. The van der Waals surface area contributed by atoms with Crippen molar-refractivity contribution in [1.29, 1.82) is 0 Å². The molecule has 0 heterocycles. The van der Waals surface area contributed by atoms with Crippen LogP contribution in [0.15, 0.2) is 0 Å². The Morgan fingerprint density at radius 1 is 1.26 bits per heavy atom. The first kappa shape index (κ1) is 18.2. The molecule has 4 N–H and O–H groups in total. The molecule has 6 heteroatoms. The Hall–Kier alpha value is -0.810. The number of carbonyl (C=O) groups is 2. The van der Waals surface area contributed by atoms with Crippen LogP contribution in [-0.4, -0.2) is 29.4 Å². The van der Waals surface area contributed by atoms with Crippen LogP contribution in [-0.2, 0) is 9.59 Å². The second kappa shape index (κ2) is 7.10. The Bertz CT molecular complexity index is 328. The van der Waals surface area contributed by atoms with Gasteiger partial charge in [-0.05, 0) is 47.0 Å². The van der Waals surface area contributed by atoms with Crippen LogP contribution in [0.2, 0.25) is 0 Å². The molecule has 0 aromatic heterocycles. The maximum Gasteiger partial charge on any atom is 0.242 e. The molecule has 1 rings (SSSR count). The lowest BCUT2D eigenvalue weighted by Crippen LogP contribution is -2.51. The van der Waals surface area contributed by atoms with Crippen molar-refractivity contribution in [3.8, 4) is 0 Å². The molecule has 3 unspecified atom stereocenters. The molecule has 5 nitrogen and oxygen atoms in total. The summed E-state index contributed by atoms with van der Waals surface area (Å²) in [5.41, 5.74) is 5.49. The van der Waals surface area contributed by atoms with E-state index in [-0.39, 0.29) is 41.7 Å². The van der Waals surface area contributed by atoms with Gasteiger partial charge in [0.15, 0.2) is 0 Å². The molecule has 0 bridgehead atoms. The average molecular weight is 292 g/mol. The summed E-state index contributed by atoms with van der Waals surface area (Å²) in [7, 11) is 0. The van der Waals surface area contributed by atoms with Crippen molar-refractivity contribution in [3.63, 3.8) is 0 Å². The van der Waals surface area contributed by atoms with Gasteiger partial charge < -0.3 is 16.4 Å². The number of nitrogens with two attached hydrogens (primary N) is 1. The minimum Gasteiger partial charge on any atom is -0.350 e. The third kappa shape index (κ3) is 6.25. The van der Waals surface area contributed by atoms with Crippen LogP contribution < -0.4 is 16.4 Å². The predicted molar refractivity (Wildman–Crippen MR) is 78.1 cm³/mol. The van der Waals surface area contributed by atoms with Crippen LogP contribution in [0.25, 0.3) is 0 Å². The molecule has 0 spiro atoms. The topological polar surface area (TPSA) is 84.2 Å². The van der Waals surface area contributed by atoms with E-state index in [2.05, 4.69) is 10.6 Å². The van der Waals surface area contributed by atoms with E-state index in [1.54, 1.807) is 6.92 Å². The molecule has 19 heavy (non-hydrogen) atoms. The first-order chi connectivity index (χ1) is 8.19. The summed E-state index contributed by atoms with van der Waals surface area (Å²) in [6, 6.07) is -0.381. The number of amides is 2. The third-order valence-electron chi connectivity index (χ3n) is 3.09. The lowest BCUT2D eigenvalue weighted by atomic mass is 10.1. The largest absolute Gasteiger partial charge is 0.350 e. The van der Waals surface area contributed by atoms with E-state index < -0.39 is 6.04 Å². The van der Waals surface area contributed by atoms with E-state index >= 15 is 0 Å². The monoisotopic (exact) mass is 291 g/mol. The number of hydrogen-bond donors (Lipinski definition) is 3. The second-order valence-corrected chi connectivity index (χ2v) is 6.24. The highest BCUT2D eigenvalue weighted by atomic mass is 35.5. The number of nitrogens with one attached hydrogen (secondary N) is 2. The van der Waals surface area contributed by atoms with Crippen molar-refractivity contribution in [1.82, 2.24) is 10.6 Å². The summed E-state index contributed by atoms with van der Waals surface area (Å²) >= 11 is 0. The molecule has 0 aromatic carbocycles. The predicted octanol–water partition coefficient (Wildman–Crippen LogP) is 0.955. The molecule has 112 valence electrons. The highest BCUT2D eigenvalue weighted by Gasteiger charge is 2.29. The Labute approximate surface area is 121 Å². The lowest BCUT2D eigenvalue weighted by molar-refractivity contribution is -0.131. The smallest absolute Gasteiger partial charge is 0.242 e. The van der Waals surface area contributed by atoms with Crippen LogP contribution in [0.3, 0.4) is 0 Å². The van der Waals surface area contributed by atoms with Crippen LogP contribution in [0, 0.1) is 5.92 Å². The van der Waals surface area contributed by atoms with Crippen molar-refractivity contribution >= 4 is 24.2 Å². The van der Waals surface area contributed by atoms with Gasteiger partial charge in [0, 0.05) is 17.5 Å². The highest BCUT2D eigenvalue weighted by Crippen LogP contribution is 2.24. The molecular weight excluding hydrogens is 266 g/mol. The summed E-state index contributed by atoms with van der Waals surface area (Å²) in [5.74, 6) is -0.248. The zero-order chi connectivity index (χ0) is 13.9. The van der Waals surface area contributed by atoms with Crippen molar-refractivity contribution in [2.24, 2.45) is 11.7 Å². The number of carbonyl (C=O) groups excluding carboxylic acids is 2. The zero-order valence-corrected chi connectivity index (χ0v) is 13.0. The minimum absolute atomic E-state index is 0. The molecule has 1 saturated carbocycles. The first-order valence-electron chi connectivity index (χ1n) is 6.57. The molecule has 1 fully saturated rings. The Kier molecular flexibility index (Phi) is 6.80. The van der Waals surface area contributed by atoms with E-state index in [0.29, 0.717) is 0 Å². The minimum atomic E-state index is -0.506. The van der Waals surface area contributed by atoms with Gasteiger partial charge in [0.25, 0.3) is 0 Å². The Morgan fingerprint density at radius 3 is 2.26 bits per heavy atom. The summed E-state index contributed by atoms with van der Waals surface area (Å²) in [5, 5.41) is 5.60. The first-order valence-corrected chi connectivity index (χ1v) is 6.57. The van der Waals surface area contributed by atoms with E-state index in [1.165, 1.54) is 0 Å². The van der Waals surface area contributed by atoms with Crippen LogP contribution in [0.4, 0.5) is 0 Å². The van der Waals surface area contributed by atoms with Gasteiger partial charge in [-0.25, -0.2) is 0 Å². The average Bonchev–Trinajstić information content (AvgIpc) is 2.62. The van der Waals surface area contributed by atoms with E-state index in [1.807, 2.05) is 20.8 Å². The summed E-state index contributed by atoms with van der Waals surface area (Å²) < 4.78 is 0. The molecule has 0 saturated heterocycles. The van der Waals surface area contributed by atoms with Crippen LogP contribution in [0.5, 0.6) is 0 Å². The van der Waals surface area contributed by atoms with Crippen molar-refractivity contribution in [2.45, 2.75) is 64.6 Å². The van der Waals surface area contributed by atoms with Crippen LogP contribution in [0.1, 0.15) is 47.0 Å².